The number of carbonyl (C=O) groups is 1. The van der Waals surface area contributed by atoms with Crippen molar-refractivity contribution in [2.45, 2.75) is 49.7 Å². The maximum atomic E-state index is 13.7. The van der Waals surface area contributed by atoms with Crippen LogP contribution >= 0.6 is 11.6 Å². The van der Waals surface area contributed by atoms with E-state index in [9.17, 15) is 4.79 Å². The average molecular weight is 382 g/mol. The lowest BCUT2D eigenvalue weighted by molar-refractivity contribution is -0.138. The van der Waals surface area contributed by atoms with Crippen molar-refractivity contribution in [1.29, 1.82) is 0 Å². The molecule has 2 heterocycles. The molecule has 1 saturated carbocycles. The second-order valence-electron chi connectivity index (χ2n) is 8.21. The predicted molar refractivity (Wildman–Crippen MR) is 106 cm³/mol. The topological polar surface area (TPSA) is 29.5 Å². The van der Waals surface area contributed by atoms with Crippen LogP contribution in [0.5, 0.6) is 0 Å². The molecule has 1 unspecified atom stereocenters. The Morgan fingerprint density at radius 2 is 1.74 bits per heavy atom. The summed E-state index contributed by atoms with van der Waals surface area (Å²) in [4.78, 5) is 15.8. The molecule has 1 aliphatic carbocycles. The summed E-state index contributed by atoms with van der Waals surface area (Å²) in [5.41, 5.74) is 2.94. The molecular weight excluding hydrogens is 358 g/mol. The van der Waals surface area contributed by atoms with Gasteiger partial charge >= 0.3 is 0 Å². The van der Waals surface area contributed by atoms with E-state index in [0.717, 1.165) is 49.2 Å². The summed E-state index contributed by atoms with van der Waals surface area (Å²) < 4.78 is 6.26. The van der Waals surface area contributed by atoms with Crippen LogP contribution in [0.2, 0.25) is 5.02 Å². The number of nitrogens with zero attached hydrogens (tertiary/aromatic N) is 1. The molecule has 140 valence electrons. The van der Waals surface area contributed by atoms with Crippen LogP contribution in [0.25, 0.3) is 0 Å². The van der Waals surface area contributed by atoms with Gasteiger partial charge in [-0.25, -0.2) is 0 Å². The number of halogens is 1. The Hall–Kier alpha value is -1.84. The quantitative estimate of drug-likeness (QED) is 0.747. The first-order valence-corrected chi connectivity index (χ1v) is 10.3. The molecule has 2 aliphatic heterocycles. The molecule has 2 aromatic carbocycles. The van der Waals surface area contributed by atoms with E-state index in [1.54, 1.807) is 0 Å². The molecule has 0 aromatic heterocycles. The molecule has 1 spiro atoms. The summed E-state index contributed by atoms with van der Waals surface area (Å²) in [5, 5.41) is 0.718. The Labute approximate surface area is 165 Å². The summed E-state index contributed by atoms with van der Waals surface area (Å²) in [7, 11) is 0. The second kappa shape index (κ2) is 6.35. The molecule has 3 aliphatic rings. The third-order valence-corrected chi connectivity index (χ3v) is 7.05. The van der Waals surface area contributed by atoms with Gasteiger partial charge in [0.05, 0.1) is 18.6 Å². The number of likely N-dealkylation sites (tertiary alicyclic amines) is 1. The Morgan fingerprint density at radius 1 is 1.00 bits per heavy atom. The number of hydrogen-bond donors (Lipinski definition) is 0. The summed E-state index contributed by atoms with van der Waals surface area (Å²) in [6, 6.07) is 16.3. The molecule has 0 radical (unpaired) electrons. The first-order valence-electron chi connectivity index (χ1n) is 9.91. The number of carbonyl (C=O) groups excluding carboxylic acids is 1. The molecule has 27 heavy (non-hydrogen) atoms. The zero-order chi connectivity index (χ0) is 18.5. The van der Waals surface area contributed by atoms with Crippen molar-refractivity contribution in [2.75, 3.05) is 13.1 Å². The number of fused-ring (bicyclic) bond motifs is 2. The third-order valence-electron chi connectivity index (χ3n) is 6.79. The van der Waals surface area contributed by atoms with Crippen molar-refractivity contribution in [3.05, 3.63) is 70.2 Å². The summed E-state index contributed by atoms with van der Waals surface area (Å²) in [6.07, 6.45) is 4.94. The van der Waals surface area contributed by atoms with E-state index in [0.29, 0.717) is 13.2 Å². The number of rotatable bonds is 2. The van der Waals surface area contributed by atoms with Gasteiger partial charge in [-0.15, -0.1) is 0 Å². The molecule has 0 N–H and O–H groups in total. The second-order valence-corrected chi connectivity index (χ2v) is 8.65. The van der Waals surface area contributed by atoms with Crippen molar-refractivity contribution in [3.63, 3.8) is 0 Å². The number of amides is 1. The molecule has 2 fully saturated rings. The lowest BCUT2D eigenvalue weighted by Gasteiger charge is -2.34. The van der Waals surface area contributed by atoms with Crippen molar-refractivity contribution in [3.8, 4) is 0 Å². The molecule has 0 bridgehead atoms. The van der Waals surface area contributed by atoms with Gasteiger partial charge in [0.25, 0.3) is 0 Å². The minimum absolute atomic E-state index is 0.271. The number of ether oxygens (including phenoxy) is 1. The maximum absolute atomic E-state index is 13.7. The highest BCUT2D eigenvalue weighted by atomic mass is 35.5. The highest BCUT2D eigenvalue weighted by molar-refractivity contribution is 6.30. The monoisotopic (exact) mass is 381 g/mol. The van der Waals surface area contributed by atoms with Crippen LogP contribution < -0.4 is 0 Å². The van der Waals surface area contributed by atoms with E-state index in [4.69, 9.17) is 16.3 Å². The summed E-state index contributed by atoms with van der Waals surface area (Å²) in [6.45, 7) is 2.08. The van der Waals surface area contributed by atoms with Gasteiger partial charge in [0.2, 0.25) is 5.91 Å². The van der Waals surface area contributed by atoms with Crippen molar-refractivity contribution in [1.82, 2.24) is 4.90 Å². The van der Waals surface area contributed by atoms with Crippen LogP contribution in [-0.4, -0.2) is 23.9 Å². The zero-order valence-corrected chi connectivity index (χ0v) is 16.2. The Bertz CT molecular complexity index is 872. The van der Waals surface area contributed by atoms with E-state index in [-0.39, 0.29) is 11.5 Å². The molecule has 1 atom stereocenters. The maximum Gasteiger partial charge on any atom is 0.233 e. The van der Waals surface area contributed by atoms with Gasteiger partial charge in [-0.05, 0) is 48.1 Å². The molecule has 3 nitrogen and oxygen atoms in total. The van der Waals surface area contributed by atoms with Crippen LogP contribution in [-0.2, 0) is 27.2 Å². The number of benzene rings is 2. The fourth-order valence-electron chi connectivity index (χ4n) is 5.35. The van der Waals surface area contributed by atoms with Gasteiger partial charge in [0, 0.05) is 11.6 Å². The fraction of sp³-hybridized carbons (Fsp3) is 0.435. The zero-order valence-electron chi connectivity index (χ0n) is 15.4. The van der Waals surface area contributed by atoms with Crippen molar-refractivity contribution < 1.29 is 9.53 Å². The molecule has 2 aromatic rings. The first kappa shape index (κ1) is 17.3. The summed E-state index contributed by atoms with van der Waals surface area (Å²) in [5.74, 6) is 0.271. The van der Waals surface area contributed by atoms with Crippen LogP contribution in [0.1, 0.15) is 48.8 Å². The SMILES string of the molecule is O=C(N1CCC2(C1)OCc1ccccc12)C1(c2ccc(Cl)cc2)CCCC1. The van der Waals surface area contributed by atoms with Crippen molar-refractivity contribution >= 4 is 17.5 Å². The van der Waals surface area contributed by atoms with Gasteiger partial charge in [-0.3, -0.25) is 4.79 Å². The molecule has 4 heteroatoms. The number of hydrogen-bond acceptors (Lipinski definition) is 2. The van der Waals surface area contributed by atoms with Crippen LogP contribution in [0.3, 0.4) is 0 Å². The Kier molecular flexibility index (Phi) is 4.06. The van der Waals surface area contributed by atoms with E-state index >= 15 is 0 Å². The standard InChI is InChI=1S/C23H24ClNO2/c24-19-9-7-18(8-10-19)22(11-3-4-12-22)21(26)25-14-13-23(16-25)20-6-2-1-5-17(20)15-27-23/h1-2,5-10H,3-4,11-16H2. The lowest BCUT2D eigenvalue weighted by atomic mass is 9.77. The van der Waals surface area contributed by atoms with Crippen molar-refractivity contribution in [2.24, 2.45) is 0 Å². The molecule has 5 rings (SSSR count). The smallest absolute Gasteiger partial charge is 0.233 e. The largest absolute Gasteiger partial charge is 0.364 e. The summed E-state index contributed by atoms with van der Waals surface area (Å²) >= 11 is 6.09. The fourth-order valence-corrected chi connectivity index (χ4v) is 5.48. The van der Waals surface area contributed by atoms with Gasteiger partial charge in [0.15, 0.2) is 0 Å². The van der Waals surface area contributed by atoms with Crippen LogP contribution in [0.4, 0.5) is 0 Å². The van der Waals surface area contributed by atoms with Gasteiger partial charge in [-0.1, -0.05) is 60.8 Å². The van der Waals surface area contributed by atoms with Crippen LogP contribution in [0.15, 0.2) is 48.5 Å². The lowest BCUT2D eigenvalue weighted by Crippen LogP contribution is -2.45. The van der Waals surface area contributed by atoms with Crippen LogP contribution in [0, 0.1) is 0 Å². The molecule has 1 amide bonds. The first-order chi connectivity index (χ1) is 13.1. The predicted octanol–water partition coefficient (Wildman–Crippen LogP) is 4.81. The molecular formula is C23H24ClNO2. The highest BCUT2D eigenvalue weighted by Gasteiger charge is 2.51. The average Bonchev–Trinajstić information content (AvgIpc) is 3.43. The van der Waals surface area contributed by atoms with Gasteiger partial charge in [0.1, 0.15) is 5.60 Å². The molecule has 1 saturated heterocycles. The van der Waals surface area contributed by atoms with E-state index in [1.165, 1.54) is 11.1 Å². The Morgan fingerprint density at radius 3 is 2.52 bits per heavy atom. The normalized spacial score (nSPS) is 25.9. The van der Waals surface area contributed by atoms with E-state index < -0.39 is 5.41 Å². The van der Waals surface area contributed by atoms with E-state index in [2.05, 4.69) is 29.2 Å². The minimum Gasteiger partial charge on any atom is -0.364 e. The Balaban J connectivity index is 1.45. The third kappa shape index (κ3) is 2.63. The van der Waals surface area contributed by atoms with Gasteiger partial charge in [-0.2, -0.15) is 0 Å². The minimum atomic E-state index is -0.395. The highest BCUT2D eigenvalue weighted by Crippen LogP contribution is 2.47. The van der Waals surface area contributed by atoms with Gasteiger partial charge < -0.3 is 9.64 Å². The van der Waals surface area contributed by atoms with E-state index in [1.807, 2.05) is 24.3 Å².